The first-order valence-corrected chi connectivity index (χ1v) is 9.50. The lowest BCUT2D eigenvalue weighted by Gasteiger charge is -2.05. The molecule has 9 nitrogen and oxygen atoms in total. The first-order valence-electron chi connectivity index (χ1n) is 8.68. The minimum atomic E-state index is -0.976. The number of nitrogens with zero attached hydrogens (tertiary/aromatic N) is 5. The van der Waals surface area contributed by atoms with Gasteiger partial charge in [0.05, 0.1) is 11.7 Å². The molecule has 4 rings (SSSR count). The number of aliphatic carboxylic acids is 1. The van der Waals surface area contributed by atoms with Crippen molar-refractivity contribution < 1.29 is 14.5 Å². The van der Waals surface area contributed by atoms with Gasteiger partial charge in [0, 0.05) is 17.5 Å². The van der Waals surface area contributed by atoms with Crippen molar-refractivity contribution in [2.75, 3.05) is 5.73 Å². The molecule has 0 unspecified atom stereocenters. The highest BCUT2D eigenvalue weighted by Gasteiger charge is 2.19. The molecule has 0 aliphatic rings. The maximum Gasteiger partial charge on any atom is 0.328 e. The van der Waals surface area contributed by atoms with E-state index in [0.717, 1.165) is 32.6 Å². The number of pyridine rings is 1. The van der Waals surface area contributed by atoms with E-state index in [2.05, 4.69) is 20.3 Å². The predicted octanol–water partition coefficient (Wildman–Crippen LogP) is 3.33. The van der Waals surface area contributed by atoms with Crippen LogP contribution in [-0.2, 0) is 11.3 Å². The molecule has 0 spiro atoms. The molecule has 0 aliphatic heterocycles. The lowest BCUT2D eigenvalue weighted by molar-refractivity contribution is -0.131. The fourth-order valence-corrected chi connectivity index (χ4v) is 3.64. The monoisotopic (exact) mass is 408 g/mol. The molecule has 10 heteroatoms. The van der Waals surface area contributed by atoms with E-state index in [0.29, 0.717) is 18.1 Å². The molecule has 3 N–H and O–H groups in total. The number of nitrogen functional groups attached to an aromatic ring is 1. The summed E-state index contributed by atoms with van der Waals surface area (Å²) < 4.78 is 6.69. The number of carbonyl (C=O) groups is 1. The van der Waals surface area contributed by atoms with Crippen LogP contribution in [0.5, 0.6) is 0 Å². The number of aryl methyl sites for hydroxylation is 1. The van der Waals surface area contributed by atoms with Crippen LogP contribution in [0.4, 0.5) is 5.82 Å². The van der Waals surface area contributed by atoms with Crippen molar-refractivity contribution in [3.05, 3.63) is 48.2 Å². The largest absolute Gasteiger partial charge is 0.478 e. The summed E-state index contributed by atoms with van der Waals surface area (Å²) in [5.74, 6) is -0.203. The van der Waals surface area contributed by atoms with Gasteiger partial charge in [0.1, 0.15) is 10.5 Å². The Morgan fingerprint density at radius 3 is 2.76 bits per heavy atom. The average Bonchev–Trinajstić information content (AvgIpc) is 3.29. The van der Waals surface area contributed by atoms with Gasteiger partial charge in [-0.15, -0.1) is 0 Å². The van der Waals surface area contributed by atoms with Crippen LogP contribution in [0.15, 0.2) is 57.2 Å². The molecule has 3 heterocycles. The van der Waals surface area contributed by atoms with Gasteiger partial charge in [-0.25, -0.2) is 19.4 Å². The van der Waals surface area contributed by atoms with Crippen LogP contribution in [0.25, 0.3) is 28.6 Å². The molecule has 146 valence electrons. The molecule has 0 atom stereocenters. The summed E-state index contributed by atoms with van der Waals surface area (Å²) in [6.07, 6.45) is 4.37. The standard InChI is InChI=1S/C19H16N6O3S/c1-2-25-14-9-15(29-12-6-3-11(4-7-12)5-8-16(26)27)21-10-13(14)22-19(25)17-18(20)24-28-23-17/h3-10H,2H2,1H3,(H2,20,24)(H,26,27). The second kappa shape index (κ2) is 7.76. The molecule has 0 radical (unpaired) electrons. The van der Waals surface area contributed by atoms with Gasteiger partial charge >= 0.3 is 5.97 Å². The smallest absolute Gasteiger partial charge is 0.328 e. The van der Waals surface area contributed by atoms with Crippen LogP contribution >= 0.6 is 11.8 Å². The van der Waals surface area contributed by atoms with Gasteiger partial charge in [-0.3, -0.25) is 0 Å². The van der Waals surface area contributed by atoms with Gasteiger partial charge in [0.25, 0.3) is 0 Å². The minimum absolute atomic E-state index is 0.189. The van der Waals surface area contributed by atoms with E-state index in [9.17, 15) is 4.79 Å². The van der Waals surface area contributed by atoms with Crippen molar-refractivity contribution in [2.24, 2.45) is 0 Å². The number of benzene rings is 1. The van der Waals surface area contributed by atoms with Crippen molar-refractivity contribution in [1.29, 1.82) is 0 Å². The number of fused-ring (bicyclic) bond motifs is 1. The van der Waals surface area contributed by atoms with Crippen molar-refractivity contribution in [1.82, 2.24) is 24.8 Å². The Morgan fingerprint density at radius 2 is 2.10 bits per heavy atom. The summed E-state index contributed by atoms with van der Waals surface area (Å²) in [4.78, 5) is 20.6. The summed E-state index contributed by atoms with van der Waals surface area (Å²) in [6, 6.07) is 9.51. The SMILES string of the molecule is CCn1c(-c2nonc2N)nc2cnc(Sc3ccc(C=CC(=O)O)cc3)cc21. The fraction of sp³-hybridized carbons (Fsp3) is 0.105. The van der Waals surface area contributed by atoms with Crippen molar-refractivity contribution >= 4 is 40.7 Å². The van der Waals surface area contributed by atoms with Crippen molar-refractivity contribution in [2.45, 2.75) is 23.4 Å². The average molecular weight is 408 g/mol. The van der Waals surface area contributed by atoms with Gasteiger partial charge in [0.15, 0.2) is 17.3 Å². The highest BCUT2D eigenvalue weighted by atomic mass is 32.2. The molecule has 0 aliphatic carbocycles. The third-order valence-electron chi connectivity index (χ3n) is 4.17. The van der Waals surface area contributed by atoms with E-state index in [4.69, 9.17) is 15.5 Å². The Labute approximate surface area is 169 Å². The first kappa shape index (κ1) is 18.7. The second-order valence-electron chi connectivity index (χ2n) is 6.03. The van der Waals surface area contributed by atoms with Crippen LogP contribution in [-0.4, -0.2) is 35.9 Å². The Morgan fingerprint density at radius 1 is 1.31 bits per heavy atom. The third kappa shape index (κ3) is 3.83. The number of rotatable bonds is 6. The Bertz CT molecular complexity index is 1210. The van der Waals surface area contributed by atoms with E-state index in [-0.39, 0.29) is 5.82 Å². The molecule has 1 aromatic carbocycles. The van der Waals surface area contributed by atoms with E-state index in [1.165, 1.54) is 11.8 Å². The van der Waals surface area contributed by atoms with E-state index < -0.39 is 5.97 Å². The number of hydrogen-bond acceptors (Lipinski definition) is 8. The molecule has 29 heavy (non-hydrogen) atoms. The van der Waals surface area contributed by atoms with Gasteiger partial charge in [-0.1, -0.05) is 23.9 Å². The number of carboxylic acid groups (broad SMARTS) is 1. The summed E-state index contributed by atoms with van der Waals surface area (Å²) in [5.41, 5.74) is 8.67. The highest BCUT2D eigenvalue weighted by molar-refractivity contribution is 7.99. The second-order valence-corrected chi connectivity index (χ2v) is 7.13. The predicted molar refractivity (Wildman–Crippen MR) is 108 cm³/mol. The van der Waals surface area contributed by atoms with Crippen molar-refractivity contribution in [3.63, 3.8) is 0 Å². The lowest BCUT2D eigenvalue weighted by Crippen LogP contribution is -2.00. The van der Waals surface area contributed by atoms with E-state index >= 15 is 0 Å². The van der Waals surface area contributed by atoms with Crippen LogP contribution < -0.4 is 5.73 Å². The van der Waals surface area contributed by atoms with Crippen LogP contribution in [0.1, 0.15) is 12.5 Å². The van der Waals surface area contributed by atoms with Crippen molar-refractivity contribution in [3.8, 4) is 11.5 Å². The number of hydrogen-bond donors (Lipinski definition) is 2. The number of aromatic nitrogens is 5. The molecule has 3 aromatic heterocycles. The molecule has 0 bridgehead atoms. The molecule has 0 saturated carbocycles. The van der Waals surface area contributed by atoms with Crippen LogP contribution in [0.3, 0.4) is 0 Å². The first-order chi connectivity index (χ1) is 14.0. The van der Waals surface area contributed by atoms with Crippen LogP contribution in [0, 0.1) is 0 Å². The quantitative estimate of drug-likeness (QED) is 0.461. The van der Waals surface area contributed by atoms with E-state index in [1.54, 1.807) is 12.3 Å². The lowest BCUT2D eigenvalue weighted by atomic mass is 10.2. The molecule has 0 fully saturated rings. The maximum atomic E-state index is 10.6. The summed E-state index contributed by atoms with van der Waals surface area (Å²) >= 11 is 1.50. The molecule has 0 saturated heterocycles. The van der Waals surface area contributed by atoms with E-state index in [1.807, 2.05) is 41.8 Å². The van der Waals surface area contributed by atoms with Gasteiger partial charge in [0.2, 0.25) is 0 Å². The third-order valence-corrected chi connectivity index (χ3v) is 5.11. The summed E-state index contributed by atoms with van der Waals surface area (Å²) in [6.45, 7) is 2.67. The minimum Gasteiger partial charge on any atom is -0.478 e. The fourth-order valence-electron chi connectivity index (χ4n) is 2.85. The zero-order valence-corrected chi connectivity index (χ0v) is 16.1. The number of carboxylic acids is 1. The summed E-state index contributed by atoms with van der Waals surface area (Å²) in [7, 11) is 0. The molecule has 0 amide bonds. The molecular weight excluding hydrogens is 392 g/mol. The highest BCUT2D eigenvalue weighted by Crippen LogP contribution is 2.31. The summed E-state index contributed by atoms with van der Waals surface area (Å²) in [5, 5.41) is 17.0. The molecule has 4 aromatic rings. The number of anilines is 1. The topological polar surface area (TPSA) is 133 Å². The zero-order chi connectivity index (χ0) is 20.4. The maximum absolute atomic E-state index is 10.6. The number of nitrogens with two attached hydrogens (primary N) is 1. The van der Waals surface area contributed by atoms with Gasteiger partial charge < -0.3 is 15.4 Å². The van der Waals surface area contributed by atoms with Crippen LogP contribution in [0.2, 0.25) is 0 Å². The zero-order valence-electron chi connectivity index (χ0n) is 15.3. The Hall–Kier alpha value is -3.66. The number of imidazole rings is 1. The van der Waals surface area contributed by atoms with Gasteiger partial charge in [-0.2, -0.15) is 0 Å². The Kier molecular flexibility index (Phi) is 5.00. The van der Waals surface area contributed by atoms with Gasteiger partial charge in [-0.05, 0) is 47.1 Å². The normalized spacial score (nSPS) is 11.5. The Balaban J connectivity index is 1.64. The molecular formula is C19H16N6O3S.